The number of H-pyrrole nitrogens is 1. The van der Waals surface area contributed by atoms with Gasteiger partial charge in [0.25, 0.3) is 5.91 Å². The molecule has 5 nitrogen and oxygen atoms in total. The number of aromatic amines is 1. The second-order valence-corrected chi connectivity index (χ2v) is 6.22. The summed E-state index contributed by atoms with van der Waals surface area (Å²) in [5.41, 5.74) is 6.98. The molecule has 0 aliphatic rings. The second-order valence-electron chi connectivity index (χ2n) is 6.22. The molecule has 5 heteroatoms. The lowest BCUT2D eigenvalue weighted by molar-refractivity contribution is 0.0951. The molecule has 0 spiro atoms. The Bertz CT molecular complexity index is 1220. The SMILES string of the molecule is N#Cc1cccc(/C=N/NC(=O)c2[nH]c3ccccc3c2-c2ccccc2)c1. The quantitative estimate of drug-likeness (QED) is 0.414. The van der Waals surface area contributed by atoms with Crippen LogP contribution in [0.25, 0.3) is 22.0 Å². The number of hydrazone groups is 1. The summed E-state index contributed by atoms with van der Waals surface area (Å²) < 4.78 is 0. The number of rotatable bonds is 4. The molecule has 0 unspecified atom stereocenters. The molecule has 3 aromatic carbocycles. The van der Waals surface area contributed by atoms with Crippen LogP contribution in [0, 0.1) is 11.3 Å². The van der Waals surface area contributed by atoms with Crippen molar-refractivity contribution in [2.75, 3.05) is 0 Å². The first-order chi connectivity index (χ1) is 13.8. The van der Waals surface area contributed by atoms with E-state index in [0.717, 1.165) is 27.6 Å². The normalized spacial score (nSPS) is 10.8. The van der Waals surface area contributed by atoms with Crippen LogP contribution in [0.2, 0.25) is 0 Å². The van der Waals surface area contributed by atoms with E-state index in [1.807, 2.05) is 60.7 Å². The van der Waals surface area contributed by atoms with Crippen molar-refractivity contribution in [3.05, 3.63) is 95.7 Å². The summed E-state index contributed by atoms with van der Waals surface area (Å²) in [5, 5.41) is 14.0. The van der Waals surface area contributed by atoms with Crippen molar-refractivity contribution in [2.45, 2.75) is 0 Å². The maximum atomic E-state index is 12.8. The van der Waals surface area contributed by atoms with Gasteiger partial charge in [-0.3, -0.25) is 4.79 Å². The topological polar surface area (TPSA) is 81.0 Å². The molecule has 4 aromatic rings. The third-order valence-corrected chi connectivity index (χ3v) is 4.39. The molecule has 0 aliphatic carbocycles. The minimum atomic E-state index is -0.331. The van der Waals surface area contributed by atoms with Crippen LogP contribution in [0.15, 0.2) is 84.0 Å². The van der Waals surface area contributed by atoms with Crippen LogP contribution >= 0.6 is 0 Å². The number of nitrogens with one attached hydrogen (secondary N) is 2. The fourth-order valence-electron chi connectivity index (χ4n) is 3.13. The molecule has 1 aromatic heterocycles. The van der Waals surface area contributed by atoms with Gasteiger partial charge in [0.15, 0.2) is 0 Å². The second kappa shape index (κ2) is 7.60. The Kier molecular flexibility index (Phi) is 4.68. The summed E-state index contributed by atoms with van der Waals surface area (Å²) in [5.74, 6) is -0.331. The highest BCUT2D eigenvalue weighted by Gasteiger charge is 2.18. The lowest BCUT2D eigenvalue weighted by Gasteiger charge is -2.04. The molecule has 0 radical (unpaired) electrons. The fourth-order valence-corrected chi connectivity index (χ4v) is 3.13. The highest BCUT2D eigenvalue weighted by molar-refractivity contribution is 6.09. The zero-order valence-corrected chi connectivity index (χ0v) is 14.9. The molecule has 0 saturated heterocycles. The zero-order chi connectivity index (χ0) is 19.3. The number of nitriles is 1. The maximum Gasteiger partial charge on any atom is 0.288 e. The average molecular weight is 364 g/mol. The summed E-state index contributed by atoms with van der Waals surface area (Å²) in [4.78, 5) is 16.0. The van der Waals surface area contributed by atoms with Crippen molar-refractivity contribution >= 4 is 23.0 Å². The van der Waals surface area contributed by atoms with Crippen molar-refractivity contribution in [1.29, 1.82) is 5.26 Å². The van der Waals surface area contributed by atoms with Crippen LogP contribution in [0.1, 0.15) is 21.6 Å². The van der Waals surface area contributed by atoms with E-state index in [1.165, 1.54) is 6.21 Å². The lowest BCUT2D eigenvalue weighted by atomic mass is 10.0. The molecule has 2 N–H and O–H groups in total. The summed E-state index contributed by atoms with van der Waals surface area (Å²) in [6.45, 7) is 0. The summed E-state index contributed by atoms with van der Waals surface area (Å²) in [7, 11) is 0. The monoisotopic (exact) mass is 364 g/mol. The van der Waals surface area contributed by atoms with Crippen LogP contribution in [0.3, 0.4) is 0 Å². The predicted octanol–water partition coefficient (Wildman–Crippen LogP) is 4.47. The number of hydrogen-bond acceptors (Lipinski definition) is 3. The van der Waals surface area contributed by atoms with Crippen molar-refractivity contribution in [1.82, 2.24) is 10.4 Å². The average Bonchev–Trinajstić information content (AvgIpc) is 3.14. The molecule has 134 valence electrons. The minimum absolute atomic E-state index is 0.331. The van der Waals surface area contributed by atoms with E-state index < -0.39 is 0 Å². The Morgan fingerprint density at radius 1 is 1.00 bits per heavy atom. The summed E-state index contributed by atoms with van der Waals surface area (Å²) in [6.07, 6.45) is 1.52. The molecule has 4 rings (SSSR count). The number of fused-ring (bicyclic) bond motifs is 1. The molecule has 1 amide bonds. The van der Waals surface area contributed by atoms with Gasteiger partial charge < -0.3 is 4.98 Å². The first kappa shape index (κ1) is 17.3. The first-order valence-corrected chi connectivity index (χ1v) is 8.76. The van der Waals surface area contributed by atoms with Crippen LogP contribution in [0.5, 0.6) is 0 Å². The molecule has 0 atom stereocenters. The van der Waals surface area contributed by atoms with Crippen LogP contribution < -0.4 is 5.43 Å². The number of carbonyl (C=O) groups excluding carboxylic acids is 1. The van der Waals surface area contributed by atoms with Crippen LogP contribution in [0.4, 0.5) is 0 Å². The van der Waals surface area contributed by atoms with E-state index in [2.05, 4.69) is 21.6 Å². The van der Waals surface area contributed by atoms with Crippen molar-refractivity contribution in [2.24, 2.45) is 5.10 Å². The van der Waals surface area contributed by atoms with Gasteiger partial charge in [-0.05, 0) is 29.3 Å². The molecule has 0 saturated carbocycles. The van der Waals surface area contributed by atoms with Gasteiger partial charge in [0.05, 0.1) is 17.8 Å². The Labute approximate surface area is 162 Å². The fraction of sp³-hybridized carbons (Fsp3) is 0. The number of carbonyl (C=O) groups is 1. The third kappa shape index (κ3) is 3.39. The number of benzene rings is 3. The van der Waals surface area contributed by atoms with E-state index in [4.69, 9.17) is 5.26 Å². The largest absolute Gasteiger partial charge is 0.350 e. The zero-order valence-electron chi connectivity index (χ0n) is 14.9. The van der Waals surface area contributed by atoms with Gasteiger partial charge in [-0.15, -0.1) is 0 Å². The molecule has 0 bridgehead atoms. The Morgan fingerprint density at radius 2 is 1.79 bits per heavy atom. The summed E-state index contributed by atoms with van der Waals surface area (Å²) >= 11 is 0. The third-order valence-electron chi connectivity index (χ3n) is 4.39. The van der Waals surface area contributed by atoms with E-state index in [9.17, 15) is 4.79 Å². The van der Waals surface area contributed by atoms with Crippen molar-refractivity contribution in [3.63, 3.8) is 0 Å². The van der Waals surface area contributed by atoms with E-state index in [0.29, 0.717) is 11.3 Å². The molecular formula is C23H16N4O. The number of aromatic nitrogens is 1. The van der Waals surface area contributed by atoms with E-state index >= 15 is 0 Å². The number of hydrogen-bond donors (Lipinski definition) is 2. The molecule has 0 aliphatic heterocycles. The first-order valence-electron chi connectivity index (χ1n) is 8.76. The smallest absolute Gasteiger partial charge is 0.288 e. The van der Waals surface area contributed by atoms with Gasteiger partial charge in [-0.2, -0.15) is 10.4 Å². The van der Waals surface area contributed by atoms with E-state index in [1.54, 1.807) is 18.2 Å². The predicted molar refractivity (Wildman–Crippen MR) is 110 cm³/mol. The Morgan fingerprint density at radius 3 is 2.61 bits per heavy atom. The van der Waals surface area contributed by atoms with Crippen molar-refractivity contribution < 1.29 is 4.79 Å². The number of para-hydroxylation sites is 1. The van der Waals surface area contributed by atoms with Gasteiger partial charge in [0.1, 0.15) is 5.69 Å². The van der Waals surface area contributed by atoms with Gasteiger partial charge in [0.2, 0.25) is 0 Å². The van der Waals surface area contributed by atoms with Crippen molar-refractivity contribution in [3.8, 4) is 17.2 Å². The molecule has 28 heavy (non-hydrogen) atoms. The van der Waals surface area contributed by atoms with Gasteiger partial charge in [0, 0.05) is 16.5 Å². The Balaban J connectivity index is 1.66. The molecule has 0 fully saturated rings. The molecule has 1 heterocycles. The standard InChI is InChI=1S/C23H16N4O/c24-14-16-7-6-8-17(13-16)15-25-27-23(28)22-21(18-9-2-1-3-10-18)19-11-4-5-12-20(19)26-22/h1-13,15,26H,(H,27,28)/b25-15+. The van der Waals surface area contributed by atoms with Gasteiger partial charge >= 0.3 is 0 Å². The summed E-state index contributed by atoms with van der Waals surface area (Å²) in [6, 6.07) is 26.7. The molecular weight excluding hydrogens is 348 g/mol. The van der Waals surface area contributed by atoms with Gasteiger partial charge in [-0.1, -0.05) is 60.7 Å². The maximum absolute atomic E-state index is 12.8. The van der Waals surface area contributed by atoms with E-state index in [-0.39, 0.29) is 5.91 Å². The highest BCUT2D eigenvalue weighted by atomic mass is 16.2. The van der Waals surface area contributed by atoms with Crippen LogP contribution in [-0.4, -0.2) is 17.1 Å². The highest BCUT2D eigenvalue weighted by Crippen LogP contribution is 2.32. The van der Waals surface area contributed by atoms with Gasteiger partial charge in [-0.25, -0.2) is 5.43 Å². The number of nitrogens with zero attached hydrogens (tertiary/aromatic N) is 2. The van der Waals surface area contributed by atoms with Crippen LogP contribution in [-0.2, 0) is 0 Å². The lowest BCUT2D eigenvalue weighted by Crippen LogP contribution is -2.18. The number of amides is 1. The Hall–Kier alpha value is -4.17. The minimum Gasteiger partial charge on any atom is -0.350 e.